The van der Waals surface area contributed by atoms with Crippen molar-refractivity contribution in [3.63, 3.8) is 0 Å². The first-order valence-electron chi connectivity index (χ1n) is 9.32. The Morgan fingerprint density at radius 2 is 2.19 bits per heavy atom. The Kier molecular flexibility index (Phi) is 4.73. The van der Waals surface area contributed by atoms with E-state index >= 15 is 0 Å². The van der Waals surface area contributed by atoms with E-state index in [2.05, 4.69) is 25.5 Å². The molecule has 1 saturated heterocycles. The summed E-state index contributed by atoms with van der Waals surface area (Å²) in [7, 11) is 0. The maximum absolute atomic E-state index is 12.8. The van der Waals surface area contributed by atoms with Crippen LogP contribution in [0.1, 0.15) is 41.9 Å². The van der Waals surface area contributed by atoms with E-state index in [1.165, 1.54) is 24.1 Å². The number of fused-ring (bicyclic) bond motifs is 1. The molecule has 0 radical (unpaired) electrons. The monoisotopic (exact) mass is 356 g/mol. The van der Waals surface area contributed by atoms with E-state index < -0.39 is 6.04 Å². The number of amides is 2. The molecule has 3 heterocycles. The van der Waals surface area contributed by atoms with E-state index in [0.29, 0.717) is 32.4 Å². The molecule has 1 aliphatic carbocycles. The maximum Gasteiger partial charge on any atom is 0.243 e. The summed E-state index contributed by atoms with van der Waals surface area (Å²) in [6.45, 7) is 1.05. The first-order chi connectivity index (χ1) is 12.7. The molecule has 2 aromatic rings. The number of carbonyl (C=O) groups is 2. The highest BCUT2D eigenvalue weighted by Crippen LogP contribution is 2.23. The second-order valence-corrected chi connectivity index (χ2v) is 7.01. The number of aryl methyl sites for hydroxylation is 2. The molecule has 1 fully saturated rings. The van der Waals surface area contributed by atoms with Crippen LogP contribution in [0, 0.1) is 0 Å². The van der Waals surface area contributed by atoms with Crippen molar-refractivity contribution in [2.75, 3.05) is 13.1 Å². The van der Waals surface area contributed by atoms with E-state index in [-0.39, 0.29) is 11.8 Å². The fourth-order valence-electron chi connectivity index (χ4n) is 3.95. The standard InChI is InChI=1S/C18H24N6O2/c25-17(6-5-15-13-3-1-2-4-14(13)22-23-15)24-8-7-20-18(26)16(24)9-12-10-19-11-21-12/h10-11,16H,1-9H2,(H,19,21)(H,20,26)(H,22,23)/t16-/m1/s1. The lowest BCUT2D eigenvalue weighted by Crippen LogP contribution is -2.58. The van der Waals surface area contributed by atoms with Crippen molar-refractivity contribution >= 4 is 11.8 Å². The summed E-state index contributed by atoms with van der Waals surface area (Å²) in [6, 6.07) is -0.482. The lowest BCUT2D eigenvalue weighted by atomic mass is 9.94. The number of aromatic amines is 2. The van der Waals surface area contributed by atoms with Gasteiger partial charge < -0.3 is 15.2 Å². The Morgan fingerprint density at radius 3 is 3.04 bits per heavy atom. The average molecular weight is 356 g/mol. The van der Waals surface area contributed by atoms with Crippen molar-refractivity contribution in [1.29, 1.82) is 0 Å². The number of imidazole rings is 1. The zero-order chi connectivity index (χ0) is 17.9. The van der Waals surface area contributed by atoms with Crippen LogP contribution in [-0.4, -0.2) is 56.0 Å². The molecule has 8 nitrogen and oxygen atoms in total. The molecule has 8 heteroatoms. The highest BCUT2D eigenvalue weighted by molar-refractivity contribution is 5.89. The minimum Gasteiger partial charge on any atom is -0.353 e. The minimum absolute atomic E-state index is 0.0110. The van der Waals surface area contributed by atoms with Crippen molar-refractivity contribution in [3.05, 3.63) is 35.2 Å². The summed E-state index contributed by atoms with van der Waals surface area (Å²) < 4.78 is 0. The summed E-state index contributed by atoms with van der Waals surface area (Å²) in [5, 5.41) is 10.4. The van der Waals surface area contributed by atoms with Crippen molar-refractivity contribution in [2.24, 2.45) is 0 Å². The van der Waals surface area contributed by atoms with Crippen molar-refractivity contribution < 1.29 is 9.59 Å². The van der Waals surface area contributed by atoms with Crippen LogP contribution in [-0.2, 0) is 35.3 Å². The van der Waals surface area contributed by atoms with Gasteiger partial charge in [-0.2, -0.15) is 5.10 Å². The van der Waals surface area contributed by atoms with Gasteiger partial charge in [-0.05, 0) is 31.2 Å². The first kappa shape index (κ1) is 16.8. The maximum atomic E-state index is 12.8. The summed E-state index contributed by atoms with van der Waals surface area (Å²) in [6.07, 6.45) is 9.22. The number of hydrogen-bond acceptors (Lipinski definition) is 4. The number of nitrogens with one attached hydrogen (secondary N) is 3. The van der Waals surface area contributed by atoms with Gasteiger partial charge in [-0.25, -0.2) is 4.98 Å². The first-order valence-corrected chi connectivity index (χ1v) is 9.32. The molecule has 2 amide bonds. The second-order valence-electron chi connectivity index (χ2n) is 7.01. The molecule has 138 valence electrons. The molecular formula is C18H24N6O2. The molecule has 3 N–H and O–H groups in total. The third kappa shape index (κ3) is 3.36. The molecule has 4 rings (SSSR count). The Hall–Kier alpha value is -2.64. The second kappa shape index (κ2) is 7.31. The fraction of sp³-hybridized carbons (Fsp3) is 0.556. The molecular weight excluding hydrogens is 332 g/mol. The smallest absolute Gasteiger partial charge is 0.243 e. The number of rotatable bonds is 5. The molecule has 0 saturated carbocycles. The number of aromatic nitrogens is 4. The SMILES string of the molecule is O=C1NCCN(C(=O)CCc2n[nH]c3c2CCCC3)[C@@H]1Cc1cnc[nH]1. The number of hydrogen-bond donors (Lipinski definition) is 3. The topological polar surface area (TPSA) is 107 Å². The van der Waals surface area contributed by atoms with E-state index in [9.17, 15) is 9.59 Å². The quantitative estimate of drug-likeness (QED) is 0.726. The van der Waals surface area contributed by atoms with Crippen molar-refractivity contribution in [2.45, 2.75) is 51.0 Å². The molecule has 0 aromatic carbocycles. The minimum atomic E-state index is -0.482. The largest absolute Gasteiger partial charge is 0.353 e. The number of piperazine rings is 1. The molecule has 0 spiro atoms. The predicted octanol–water partition coefficient (Wildman–Crippen LogP) is 0.514. The van der Waals surface area contributed by atoms with E-state index in [4.69, 9.17) is 0 Å². The van der Waals surface area contributed by atoms with Crippen LogP contribution >= 0.6 is 0 Å². The lowest BCUT2D eigenvalue weighted by molar-refractivity contribution is -0.143. The van der Waals surface area contributed by atoms with Gasteiger partial charge >= 0.3 is 0 Å². The zero-order valence-corrected chi connectivity index (χ0v) is 14.8. The molecule has 0 unspecified atom stereocenters. The van der Waals surface area contributed by atoms with Crippen LogP contribution in [0.5, 0.6) is 0 Å². The van der Waals surface area contributed by atoms with Gasteiger partial charge in [-0.1, -0.05) is 0 Å². The van der Waals surface area contributed by atoms with Gasteiger partial charge in [0.2, 0.25) is 11.8 Å². The molecule has 1 atom stereocenters. The van der Waals surface area contributed by atoms with Crippen LogP contribution in [0.3, 0.4) is 0 Å². The van der Waals surface area contributed by atoms with E-state index in [1.54, 1.807) is 17.4 Å². The Morgan fingerprint density at radius 1 is 1.31 bits per heavy atom. The van der Waals surface area contributed by atoms with Crippen LogP contribution in [0.15, 0.2) is 12.5 Å². The van der Waals surface area contributed by atoms with Gasteiger partial charge in [-0.15, -0.1) is 0 Å². The van der Waals surface area contributed by atoms with Crippen molar-refractivity contribution in [3.8, 4) is 0 Å². The summed E-state index contributed by atoms with van der Waals surface area (Å²) >= 11 is 0. The summed E-state index contributed by atoms with van der Waals surface area (Å²) in [5.41, 5.74) is 4.40. The van der Waals surface area contributed by atoms with E-state index in [0.717, 1.165) is 24.2 Å². The zero-order valence-electron chi connectivity index (χ0n) is 14.8. The van der Waals surface area contributed by atoms with Crippen LogP contribution < -0.4 is 5.32 Å². The van der Waals surface area contributed by atoms with Gasteiger partial charge in [-0.3, -0.25) is 14.7 Å². The Labute approximate surface area is 151 Å². The van der Waals surface area contributed by atoms with Crippen molar-refractivity contribution in [1.82, 2.24) is 30.4 Å². The third-order valence-corrected chi connectivity index (χ3v) is 5.34. The third-order valence-electron chi connectivity index (χ3n) is 5.34. The number of H-pyrrole nitrogens is 2. The van der Waals surface area contributed by atoms with Gasteiger partial charge in [0.15, 0.2) is 0 Å². The van der Waals surface area contributed by atoms with Crippen LogP contribution in [0.4, 0.5) is 0 Å². The van der Waals surface area contributed by atoms with Gasteiger partial charge in [0, 0.05) is 49.9 Å². The lowest BCUT2D eigenvalue weighted by Gasteiger charge is -2.35. The van der Waals surface area contributed by atoms with Crippen LogP contribution in [0.2, 0.25) is 0 Å². The normalized spacial score (nSPS) is 19.9. The molecule has 26 heavy (non-hydrogen) atoms. The average Bonchev–Trinajstić information content (AvgIpc) is 3.31. The van der Waals surface area contributed by atoms with Crippen LogP contribution in [0.25, 0.3) is 0 Å². The highest BCUT2D eigenvalue weighted by atomic mass is 16.2. The van der Waals surface area contributed by atoms with E-state index in [1.807, 2.05) is 0 Å². The summed E-state index contributed by atoms with van der Waals surface area (Å²) in [5.74, 6) is -0.0896. The van der Waals surface area contributed by atoms with Gasteiger partial charge in [0.05, 0.1) is 12.0 Å². The summed E-state index contributed by atoms with van der Waals surface area (Å²) in [4.78, 5) is 33.8. The predicted molar refractivity (Wildman–Crippen MR) is 94.4 cm³/mol. The van der Waals surface area contributed by atoms with Gasteiger partial charge in [0.25, 0.3) is 0 Å². The number of carbonyl (C=O) groups excluding carboxylic acids is 2. The number of nitrogens with zero attached hydrogens (tertiary/aromatic N) is 3. The Balaban J connectivity index is 1.42. The highest BCUT2D eigenvalue weighted by Gasteiger charge is 2.33. The Bertz CT molecular complexity index is 782. The van der Waals surface area contributed by atoms with Gasteiger partial charge in [0.1, 0.15) is 6.04 Å². The molecule has 0 bridgehead atoms. The molecule has 1 aliphatic heterocycles. The fourth-order valence-corrected chi connectivity index (χ4v) is 3.95. The molecule has 2 aromatic heterocycles. The molecule has 2 aliphatic rings.